The van der Waals surface area contributed by atoms with E-state index in [0.29, 0.717) is 12.0 Å². The van der Waals surface area contributed by atoms with Gasteiger partial charge in [0.15, 0.2) is 0 Å². The van der Waals surface area contributed by atoms with Crippen LogP contribution >= 0.6 is 7.92 Å². The van der Waals surface area contributed by atoms with Gasteiger partial charge in [0.05, 0.1) is 0 Å². The molecule has 0 heterocycles. The zero-order valence-electron chi connectivity index (χ0n) is 15.7. The average Bonchev–Trinajstić information content (AvgIpc) is 2.70. The lowest BCUT2D eigenvalue weighted by molar-refractivity contribution is 0.431. The van der Waals surface area contributed by atoms with Crippen LogP contribution in [0.1, 0.15) is 19.4 Å². The van der Waals surface area contributed by atoms with Crippen LogP contribution in [0.5, 0.6) is 0 Å². The molecular weight excluding hydrogens is 333 g/mol. The summed E-state index contributed by atoms with van der Waals surface area (Å²) in [5, 5.41) is 6.74. The zero-order chi connectivity index (χ0) is 18.2. The van der Waals surface area contributed by atoms with Crippen molar-refractivity contribution in [3.05, 3.63) is 96.6 Å². The average molecular weight is 361 g/mol. The van der Waals surface area contributed by atoms with Crippen molar-refractivity contribution in [2.45, 2.75) is 26.4 Å². The topological polar surface area (TPSA) is 12.0 Å². The fraction of sp³-hybridized carbons (Fsp3) is 0.250. The van der Waals surface area contributed by atoms with Crippen molar-refractivity contribution in [2.24, 2.45) is 5.92 Å². The molecule has 26 heavy (non-hydrogen) atoms. The minimum Gasteiger partial charge on any atom is -0.309 e. The van der Waals surface area contributed by atoms with E-state index in [-0.39, 0.29) is 7.92 Å². The molecule has 0 amide bonds. The highest BCUT2D eigenvalue weighted by Gasteiger charge is 2.21. The summed E-state index contributed by atoms with van der Waals surface area (Å²) >= 11 is 0. The van der Waals surface area contributed by atoms with Gasteiger partial charge >= 0.3 is 0 Å². The molecule has 2 heteroatoms. The Hall–Kier alpha value is -1.95. The van der Waals surface area contributed by atoms with Crippen LogP contribution in [0.4, 0.5) is 0 Å². The minimum atomic E-state index is -0.366. The molecule has 0 radical (unpaired) electrons. The maximum Gasteiger partial charge on any atom is 0.0208 e. The molecule has 3 aromatic carbocycles. The molecule has 0 unspecified atom stereocenters. The molecule has 0 bridgehead atoms. The second-order valence-electron chi connectivity index (χ2n) is 7.00. The first-order valence-electron chi connectivity index (χ1n) is 9.39. The molecule has 0 fully saturated rings. The van der Waals surface area contributed by atoms with Gasteiger partial charge in [0.25, 0.3) is 0 Å². The molecule has 0 aromatic heterocycles. The van der Waals surface area contributed by atoms with E-state index in [2.05, 4.69) is 110 Å². The first-order chi connectivity index (χ1) is 12.7. The second-order valence-corrected chi connectivity index (χ2v) is 9.25. The molecule has 0 spiro atoms. The van der Waals surface area contributed by atoms with Gasteiger partial charge in [-0.25, -0.2) is 0 Å². The van der Waals surface area contributed by atoms with E-state index in [1.165, 1.54) is 16.2 Å². The molecule has 1 atom stereocenters. The highest BCUT2D eigenvalue weighted by Crippen LogP contribution is 2.35. The monoisotopic (exact) mass is 361 g/mol. The summed E-state index contributed by atoms with van der Waals surface area (Å²) in [6, 6.07) is 33.2. The predicted molar refractivity (Wildman–Crippen MR) is 116 cm³/mol. The number of hydrogen-bond donors (Lipinski definition) is 1. The Kier molecular flexibility index (Phi) is 7.00. The van der Waals surface area contributed by atoms with Crippen LogP contribution < -0.4 is 15.9 Å². The molecule has 0 aliphatic rings. The maximum atomic E-state index is 3.82. The van der Waals surface area contributed by atoms with E-state index in [1.54, 1.807) is 0 Å². The normalized spacial score (nSPS) is 12.5. The Bertz CT molecular complexity index is 716. The summed E-state index contributed by atoms with van der Waals surface area (Å²) in [6.07, 6.45) is 1.16. The van der Waals surface area contributed by atoms with Crippen molar-refractivity contribution in [3.63, 3.8) is 0 Å². The van der Waals surface area contributed by atoms with Gasteiger partial charge < -0.3 is 5.32 Å². The molecule has 0 aliphatic carbocycles. The second kappa shape index (κ2) is 9.67. The Morgan fingerprint density at radius 3 is 1.62 bits per heavy atom. The standard InChI is InChI=1S/C24H28NP/c1-20(2)24(25-18-21-12-6-3-7-13-21)19-26(22-14-8-4-9-15-22)23-16-10-5-11-17-23/h3-17,20,24-25H,18-19H2,1-2H3/t24-/m1/s1. The van der Waals surface area contributed by atoms with Gasteiger partial charge in [-0.15, -0.1) is 0 Å². The van der Waals surface area contributed by atoms with E-state index in [0.717, 1.165) is 12.7 Å². The van der Waals surface area contributed by atoms with E-state index >= 15 is 0 Å². The van der Waals surface area contributed by atoms with Crippen LogP contribution in [-0.4, -0.2) is 12.2 Å². The van der Waals surface area contributed by atoms with Gasteiger partial charge in [-0.1, -0.05) is 105 Å². The van der Waals surface area contributed by atoms with Crippen LogP contribution in [0.15, 0.2) is 91.0 Å². The third-order valence-corrected chi connectivity index (χ3v) is 7.33. The number of nitrogens with one attached hydrogen (secondary N) is 1. The smallest absolute Gasteiger partial charge is 0.0208 e. The lowest BCUT2D eigenvalue weighted by Crippen LogP contribution is -2.38. The first kappa shape index (κ1) is 18.8. The van der Waals surface area contributed by atoms with Gasteiger partial charge in [0.2, 0.25) is 0 Å². The molecule has 3 rings (SSSR count). The first-order valence-corrected chi connectivity index (χ1v) is 10.9. The van der Waals surface area contributed by atoms with Gasteiger partial charge in [-0.05, 0) is 36.2 Å². The van der Waals surface area contributed by atoms with Crippen LogP contribution in [0.25, 0.3) is 0 Å². The highest BCUT2D eigenvalue weighted by atomic mass is 31.1. The molecule has 3 aromatic rings. The van der Waals surface area contributed by atoms with E-state index in [4.69, 9.17) is 0 Å². The molecule has 0 saturated carbocycles. The Balaban J connectivity index is 1.79. The predicted octanol–water partition coefficient (Wildman–Crippen LogP) is 4.93. The Morgan fingerprint density at radius 2 is 1.15 bits per heavy atom. The third-order valence-electron chi connectivity index (χ3n) is 4.73. The lowest BCUT2D eigenvalue weighted by atomic mass is 10.1. The quantitative estimate of drug-likeness (QED) is 0.561. The van der Waals surface area contributed by atoms with Gasteiger partial charge in [-0.3, -0.25) is 0 Å². The summed E-state index contributed by atoms with van der Waals surface area (Å²) in [5.41, 5.74) is 1.35. The molecule has 1 N–H and O–H groups in total. The van der Waals surface area contributed by atoms with Crippen molar-refractivity contribution in [1.29, 1.82) is 0 Å². The van der Waals surface area contributed by atoms with Gasteiger partial charge in [0.1, 0.15) is 0 Å². The zero-order valence-corrected chi connectivity index (χ0v) is 16.6. The maximum absolute atomic E-state index is 3.82. The van der Waals surface area contributed by atoms with Crippen LogP contribution in [-0.2, 0) is 6.54 Å². The largest absolute Gasteiger partial charge is 0.309 e. The highest BCUT2D eigenvalue weighted by molar-refractivity contribution is 7.73. The lowest BCUT2D eigenvalue weighted by Gasteiger charge is -2.28. The fourth-order valence-electron chi connectivity index (χ4n) is 3.13. The SMILES string of the molecule is CC(C)[C@@H](CP(c1ccccc1)c1ccccc1)NCc1ccccc1. The van der Waals surface area contributed by atoms with Crippen molar-refractivity contribution in [2.75, 3.05) is 6.16 Å². The molecule has 0 aliphatic heterocycles. The minimum absolute atomic E-state index is 0.366. The molecule has 1 nitrogen and oxygen atoms in total. The van der Waals surface area contributed by atoms with Crippen LogP contribution in [0.2, 0.25) is 0 Å². The van der Waals surface area contributed by atoms with Gasteiger partial charge in [-0.2, -0.15) is 0 Å². The Labute approximate surface area is 159 Å². The van der Waals surface area contributed by atoms with Crippen LogP contribution in [0.3, 0.4) is 0 Å². The van der Waals surface area contributed by atoms with E-state index in [1.807, 2.05) is 0 Å². The van der Waals surface area contributed by atoms with Crippen molar-refractivity contribution in [3.8, 4) is 0 Å². The van der Waals surface area contributed by atoms with Crippen molar-refractivity contribution < 1.29 is 0 Å². The molecule has 134 valence electrons. The van der Waals surface area contributed by atoms with E-state index in [9.17, 15) is 0 Å². The van der Waals surface area contributed by atoms with Crippen molar-refractivity contribution >= 4 is 18.5 Å². The summed E-state index contributed by atoms with van der Waals surface area (Å²) in [4.78, 5) is 0. The summed E-state index contributed by atoms with van der Waals surface area (Å²) < 4.78 is 0. The summed E-state index contributed by atoms with van der Waals surface area (Å²) in [5.74, 6) is 0.594. The summed E-state index contributed by atoms with van der Waals surface area (Å²) in [7, 11) is -0.366. The Morgan fingerprint density at radius 1 is 0.692 bits per heavy atom. The molecular formula is C24H28NP. The number of rotatable bonds is 8. The fourth-order valence-corrected chi connectivity index (χ4v) is 5.86. The number of benzene rings is 3. The van der Waals surface area contributed by atoms with Crippen LogP contribution in [0, 0.1) is 5.92 Å². The van der Waals surface area contributed by atoms with Crippen molar-refractivity contribution in [1.82, 2.24) is 5.32 Å². The van der Waals surface area contributed by atoms with Gasteiger partial charge in [0, 0.05) is 12.6 Å². The number of hydrogen-bond acceptors (Lipinski definition) is 1. The summed E-state index contributed by atoms with van der Waals surface area (Å²) in [6.45, 7) is 5.58. The molecule has 0 saturated heterocycles. The third kappa shape index (κ3) is 5.27. The van der Waals surface area contributed by atoms with E-state index < -0.39 is 0 Å².